The first-order chi connectivity index (χ1) is 24.4. The van der Waals surface area contributed by atoms with E-state index in [-0.39, 0.29) is 29.1 Å². The van der Waals surface area contributed by atoms with Crippen LogP contribution in [0.15, 0.2) is 54.6 Å². The van der Waals surface area contributed by atoms with Crippen molar-refractivity contribution in [2.75, 3.05) is 27.2 Å². The number of alkyl halides is 3. The van der Waals surface area contributed by atoms with Crippen molar-refractivity contribution in [2.45, 2.75) is 70.8 Å². The van der Waals surface area contributed by atoms with Crippen LogP contribution in [-0.2, 0) is 41.6 Å². The lowest BCUT2D eigenvalue weighted by Crippen LogP contribution is -2.56. The minimum atomic E-state index is -4.70. The zero-order valence-electron chi connectivity index (χ0n) is 30.0. The number of likely N-dealkylation sites (N-methyl/N-ethyl adjacent to an activating group) is 1. The van der Waals surface area contributed by atoms with Crippen LogP contribution in [0.4, 0.5) is 13.2 Å². The van der Waals surface area contributed by atoms with E-state index < -0.39 is 79.0 Å². The SMILES string of the molecule is C[C@H](C(=O)N1C[C@H]2[C@@H]([C@H]1C(=O)NC(CCC(F)(F)F)C(=O)C(=O)NCC(=O)N[C@H](C(=O)N(C)C)c1ccccc1)C2(C)C)C1Cc2ccccc2C1. The van der Waals surface area contributed by atoms with Crippen molar-refractivity contribution in [3.63, 3.8) is 0 Å². The summed E-state index contributed by atoms with van der Waals surface area (Å²) in [5.41, 5.74) is 2.50. The molecule has 6 atom stereocenters. The highest BCUT2D eigenvalue weighted by Crippen LogP contribution is 2.65. The average Bonchev–Trinajstić information content (AvgIpc) is 3.46. The normalized spacial score (nSPS) is 21.9. The van der Waals surface area contributed by atoms with Gasteiger partial charge in [-0.15, -0.1) is 0 Å². The molecule has 1 unspecified atom stereocenters. The molecule has 1 saturated carbocycles. The van der Waals surface area contributed by atoms with Gasteiger partial charge in [-0.25, -0.2) is 0 Å². The number of amides is 5. The fourth-order valence-electron chi connectivity index (χ4n) is 7.87. The van der Waals surface area contributed by atoms with Gasteiger partial charge in [0.1, 0.15) is 12.1 Å². The molecule has 0 aromatic heterocycles. The second-order valence-corrected chi connectivity index (χ2v) is 15.0. The molecule has 5 rings (SSSR count). The van der Waals surface area contributed by atoms with Gasteiger partial charge in [-0.05, 0) is 59.1 Å². The van der Waals surface area contributed by atoms with Gasteiger partial charge >= 0.3 is 6.18 Å². The smallest absolute Gasteiger partial charge is 0.347 e. The van der Waals surface area contributed by atoms with Crippen LogP contribution in [0.5, 0.6) is 0 Å². The largest absolute Gasteiger partial charge is 0.389 e. The number of rotatable bonds is 13. The molecule has 0 radical (unpaired) electrons. The average molecular weight is 726 g/mol. The molecule has 52 heavy (non-hydrogen) atoms. The molecule has 5 amide bonds. The molecular weight excluding hydrogens is 679 g/mol. The topological polar surface area (TPSA) is 145 Å². The second kappa shape index (κ2) is 15.1. The molecule has 14 heteroatoms. The summed E-state index contributed by atoms with van der Waals surface area (Å²) < 4.78 is 40.1. The molecule has 2 fully saturated rings. The van der Waals surface area contributed by atoms with Crippen LogP contribution >= 0.6 is 0 Å². The van der Waals surface area contributed by atoms with Crippen molar-refractivity contribution < 1.29 is 41.9 Å². The fraction of sp³-hybridized carbons (Fsp3) is 0.526. The van der Waals surface area contributed by atoms with Gasteiger partial charge in [-0.2, -0.15) is 13.2 Å². The van der Waals surface area contributed by atoms with Crippen LogP contribution in [0.2, 0.25) is 0 Å². The number of fused-ring (bicyclic) bond motifs is 2. The van der Waals surface area contributed by atoms with Crippen LogP contribution < -0.4 is 16.0 Å². The first-order valence-corrected chi connectivity index (χ1v) is 17.5. The van der Waals surface area contributed by atoms with Crippen LogP contribution in [0, 0.1) is 29.1 Å². The lowest BCUT2D eigenvalue weighted by atomic mass is 9.89. The number of likely N-dealkylation sites (tertiary alicyclic amines) is 1. The van der Waals surface area contributed by atoms with Crippen molar-refractivity contribution in [1.82, 2.24) is 25.8 Å². The molecule has 2 aliphatic carbocycles. The minimum Gasteiger partial charge on any atom is -0.347 e. The summed E-state index contributed by atoms with van der Waals surface area (Å²) in [4.78, 5) is 82.6. The van der Waals surface area contributed by atoms with Crippen molar-refractivity contribution in [1.29, 1.82) is 0 Å². The molecule has 11 nitrogen and oxygen atoms in total. The predicted molar refractivity (Wildman–Crippen MR) is 184 cm³/mol. The Kier molecular flexibility index (Phi) is 11.2. The number of piperidine rings is 1. The predicted octanol–water partition coefficient (Wildman–Crippen LogP) is 2.98. The van der Waals surface area contributed by atoms with Crippen molar-refractivity contribution in [2.24, 2.45) is 29.1 Å². The van der Waals surface area contributed by atoms with E-state index in [1.54, 1.807) is 30.3 Å². The van der Waals surface area contributed by atoms with E-state index in [9.17, 15) is 41.9 Å². The van der Waals surface area contributed by atoms with Gasteiger partial charge in [-0.3, -0.25) is 28.8 Å². The summed E-state index contributed by atoms with van der Waals surface area (Å²) in [6, 6.07) is 12.3. The highest BCUT2D eigenvalue weighted by molar-refractivity contribution is 6.38. The van der Waals surface area contributed by atoms with E-state index in [2.05, 4.69) is 16.0 Å². The first kappa shape index (κ1) is 38.5. The summed E-state index contributed by atoms with van der Waals surface area (Å²) in [6.07, 6.45) is -5.65. The lowest BCUT2D eigenvalue weighted by molar-refractivity contribution is -0.148. The van der Waals surface area contributed by atoms with E-state index in [0.717, 1.165) is 0 Å². The van der Waals surface area contributed by atoms with Gasteiger partial charge in [0.05, 0.1) is 12.6 Å². The Morgan fingerprint density at radius 2 is 1.52 bits per heavy atom. The van der Waals surface area contributed by atoms with Crippen LogP contribution in [0.3, 0.4) is 0 Å². The maximum absolute atomic E-state index is 14.0. The Balaban J connectivity index is 1.26. The number of carbonyl (C=O) groups excluding carboxylic acids is 6. The summed E-state index contributed by atoms with van der Waals surface area (Å²) in [5.74, 6) is -5.76. The van der Waals surface area contributed by atoms with Gasteiger partial charge in [0, 0.05) is 33.0 Å². The molecule has 3 aliphatic rings. The third kappa shape index (κ3) is 8.31. The van der Waals surface area contributed by atoms with Gasteiger partial charge < -0.3 is 25.8 Å². The quantitative estimate of drug-likeness (QED) is 0.271. The Morgan fingerprint density at radius 3 is 2.10 bits per heavy atom. The number of hydrogen-bond donors (Lipinski definition) is 3. The standard InChI is InChI=1S/C38H46F3N5O6/c1-21(25-17-23-13-9-10-14-24(23)18-25)35(51)46-20-26-29(37(26,2)3)31(46)33(49)43-27(15-16-38(39,40)41)32(48)34(50)42-19-28(47)44-30(36(52)45(4)5)22-11-7-6-8-12-22/h6-14,21,25-27,29-31H,15-20H2,1-5H3,(H,42,50)(H,43,49)(H,44,47)/t21-,26-,27?,29-,30-,31-/m0/s1. The molecule has 1 aliphatic heterocycles. The van der Waals surface area contributed by atoms with Crippen LogP contribution in [0.1, 0.15) is 56.3 Å². The maximum Gasteiger partial charge on any atom is 0.389 e. The van der Waals surface area contributed by atoms with Gasteiger partial charge in [0.15, 0.2) is 0 Å². The molecule has 280 valence electrons. The Bertz CT molecular complexity index is 1690. The maximum atomic E-state index is 14.0. The second-order valence-electron chi connectivity index (χ2n) is 15.0. The number of benzene rings is 2. The highest BCUT2D eigenvalue weighted by atomic mass is 19.4. The summed E-state index contributed by atoms with van der Waals surface area (Å²) in [6.45, 7) is 5.29. The minimum absolute atomic E-state index is 0.00889. The number of nitrogens with zero attached hydrogens (tertiary/aromatic N) is 2. The Hall–Kier alpha value is -4.75. The molecule has 3 N–H and O–H groups in total. The number of halogens is 3. The molecule has 0 spiro atoms. The first-order valence-electron chi connectivity index (χ1n) is 17.5. The highest BCUT2D eigenvalue weighted by Gasteiger charge is 2.69. The number of hydrogen-bond acceptors (Lipinski definition) is 6. The molecular formula is C38H46F3N5O6. The third-order valence-electron chi connectivity index (χ3n) is 11.0. The van der Waals surface area contributed by atoms with E-state index >= 15 is 0 Å². The summed E-state index contributed by atoms with van der Waals surface area (Å²) in [7, 11) is 3.00. The number of nitrogens with one attached hydrogen (secondary N) is 3. The van der Waals surface area contributed by atoms with Crippen LogP contribution in [-0.4, -0.2) is 90.6 Å². The molecule has 2 aromatic carbocycles. The van der Waals surface area contributed by atoms with E-state index in [0.29, 0.717) is 24.9 Å². The molecule has 1 heterocycles. The van der Waals surface area contributed by atoms with Crippen molar-refractivity contribution in [3.05, 3.63) is 71.3 Å². The van der Waals surface area contributed by atoms with E-state index in [4.69, 9.17) is 0 Å². The van der Waals surface area contributed by atoms with E-state index in [1.807, 2.05) is 45.0 Å². The van der Waals surface area contributed by atoms with E-state index in [1.165, 1.54) is 35.0 Å². The monoisotopic (exact) mass is 725 g/mol. The Morgan fingerprint density at radius 1 is 0.923 bits per heavy atom. The summed E-state index contributed by atoms with van der Waals surface area (Å²) >= 11 is 0. The van der Waals surface area contributed by atoms with Crippen molar-refractivity contribution >= 4 is 35.3 Å². The Labute approximate surface area is 301 Å². The molecule has 1 saturated heterocycles. The number of Topliss-reactive ketones (excluding diaryl/α,β-unsaturated/α-hetero) is 1. The van der Waals surface area contributed by atoms with Gasteiger partial charge in [0.2, 0.25) is 29.4 Å². The molecule has 2 aromatic rings. The number of ketones is 1. The van der Waals surface area contributed by atoms with Crippen molar-refractivity contribution in [3.8, 4) is 0 Å². The van der Waals surface area contributed by atoms with Gasteiger partial charge in [-0.1, -0.05) is 75.4 Å². The third-order valence-corrected chi connectivity index (χ3v) is 11.0. The zero-order valence-corrected chi connectivity index (χ0v) is 30.0. The number of carbonyl (C=O) groups is 6. The lowest BCUT2D eigenvalue weighted by Gasteiger charge is -2.34. The van der Waals surface area contributed by atoms with Gasteiger partial charge in [0.25, 0.3) is 5.91 Å². The zero-order chi connectivity index (χ0) is 38.1. The van der Waals surface area contributed by atoms with Crippen LogP contribution in [0.25, 0.3) is 0 Å². The fourth-order valence-corrected chi connectivity index (χ4v) is 7.87. The summed E-state index contributed by atoms with van der Waals surface area (Å²) in [5, 5.41) is 7.01. The molecule has 0 bridgehead atoms.